The van der Waals surface area contributed by atoms with Crippen LogP contribution in [0.1, 0.15) is 16.9 Å². The van der Waals surface area contributed by atoms with E-state index < -0.39 is 28.0 Å². The van der Waals surface area contributed by atoms with Gasteiger partial charge in [-0.2, -0.15) is 8.78 Å². The molecule has 2 aromatic heterocycles. The number of aromatic nitrogens is 1. The maximum atomic E-state index is 14.7. The third kappa shape index (κ3) is 7.03. The molecule has 208 valence electrons. The molecule has 0 spiro atoms. The van der Waals surface area contributed by atoms with E-state index in [4.69, 9.17) is 9.47 Å². The van der Waals surface area contributed by atoms with Crippen molar-refractivity contribution in [3.63, 3.8) is 0 Å². The maximum absolute atomic E-state index is 14.7. The normalized spacial score (nSPS) is 12.6. The number of thiophene rings is 1. The molecule has 0 unspecified atom stereocenters. The average Bonchev–Trinajstić information content (AvgIpc) is 3.22. The lowest BCUT2D eigenvalue weighted by atomic mass is 10.1. The van der Waals surface area contributed by atoms with E-state index in [-0.39, 0.29) is 39.1 Å². The Balaban J connectivity index is 1.74. The third-order valence-corrected chi connectivity index (χ3v) is 10.0. The molecule has 0 atom stereocenters. The zero-order valence-corrected chi connectivity index (χ0v) is 24.5. The minimum absolute atomic E-state index is 0.0288. The summed E-state index contributed by atoms with van der Waals surface area (Å²) in [6.07, 6.45) is 2.78. The molecule has 4 aromatic rings. The molecule has 0 saturated heterocycles. The molecule has 0 radical (unpaired) electrons. The first-order chi connectivity index (χ1) is 18.3. The highest BCUT2D eigenvalue weighted by Crippen LogP contribution is 2.63. The summed E-state index contributed by atoms with van der Waals surface area (Å²) in [4.78, 5) is 22.1. The monoisotopic (exact) mass is 661 g/mol. The van der Waals surface area contributed by atoms with Crippen molar-refractivity contribution < 1.29 is 41.0 Å². The second-order valence-corrected chi connectivity index (χ2v) is 14.4. The van der Waals surface area contributed by atoms with E-state index >= 15 is 0 Å². The quantitative estimate of drug-likeness (QED) is 0.141. The van der Waals surface area contributed by atoms with Crippen molar-refractivity contribution in [3.8, 4) is 22.8 Å². The van der Waals surface area contributed by atoms with Crippen LogP contribution in [0.3, 0.4) is 0 Å². The van der Waals surface area contributed by atoms with Crippen LogP contribution in [0.15, 0.2) is 65.3 Å². The van der Waals surface area contributed by atoms with E-state index in [0.717, 1.165) is 11.8 Å². The van der Waals surface area contributed by atoms with Crippen LogP contribution in [-0.4, -0.2) is 41.8 Å². The predicted molar refractivity (Wildman–Crippen MR) is 149 cm³/mol. The van der Waals surface area contributed by atoms with E-state index in [2.05, 4.69) is 20.9 Å². The van der Waals surface area contributed by atoms with Gasteiger partial charge in [0.15, 0.2) is 0 Å². The van der Waals surface area contributed by atoms with E-state index in [1.807, 2.05) is 30.3 Å². The van der Waals surface area contributed by atoms with E-state index in [0.29, 0.717) is 35.0 Å². The van der Waals surface area contributed by atoms with Crippen molar-refractivity contribution in [1.82, 2.24) is 4.98 Å². The highest BCUT2D eigenvalue weighted by atomic mass is 79.9. The van der Waals surface area contributed by atoms with E-state index in [1.165, 1.54) is 6.20 Å². The molecule has 8 nitrogen and oxygen atoms in total. The van der Waals surface area contributed by atoms with Gasteiger partial charge in [-0.1, -0.05) is 30.3 Å². The van der Waals surface area contributed by atoms with Gasteiger partial charge in [-0.25, -0.2) is 8.42 Å². The summed E-state index contributed by atoms with van der Waals surface area (Å²) in [5.41, 5.74) is -2.57. The van der Waals surface area contributed by atoms with Crippen LogP contribution in [0.2, 0.25) is 0 Å². The number of rotatable bonds is 11. The molecular weight excluding hydrogens is 639 g/mol. The van der Waals surface area contributed by atoms with E-state index in [9.17, 15) is 31.6 Å². The van der Waals surface area contributed by atoms with Crippen molar-refractivity contribution in [3.05, 3.63) is 75.7 Å². The Labute approximate surface area is 235 Å². The average molecular weight is 662 g/mol. The molecular formula is C25H23BrF2NO7PS2. The summed E-state index contributed by atoms with van der Waals surface area (Å²) in [7, 11) is -9.07. The van der Waals surface area contributed by atoms with Gasteiger partial charge in [0.05, 0.1) is 22.8 Å². The number of alkyl halides is 2. The highest BCUT2D eigenvalue weighted by molar-refractivity contribution is 9.10. The van der Waals surface area contributed by atoms with E-state index in [1.54, 1.807) is 24.3 Å². The van der Waals surface area contributed by atoms with Crippen molar-refractivity contribution >= 4 is 54.8 Å². The van der Waals surface area contributed by atoms with Gasteiger partial charge in [0.2, 0.25) is 0 Å². The molecule has 4 rings (SSSR count). The first-order valence-corrected chi connectivity index (χ1v) is 16.7. The molecule has 2 aromatic carbocycles. The van der Waals surface area contributed by atoms with Crippen LogP contribution >= 0.6 is 34.9 Å². The Bertz CT molecular complexity index is 1640. The van der Waals surface area contributed by atoms with Crippen LogP contribution in [0.4, 0.5) is 8.78 Å². The summed E-state index contributed by atoms with van der Waals surface area (Å²) in [6, 6.07) is 16.0. The number of ether oxygens (including phenoxy) is 2. The topological polar surface area (TPSA) is 123 Å². The minimum atomic E-state index is -5.83. The summed E-state index contributed by atoms with van der Waals surface area (Å²) in [6.45, 7) is 0.286. The fraction of sp³-hybridized carbons (Fsp3) is 0.240. The summed E-state index contributed by atoms with van der Waals surface area (Å²) in [5, 5.41) is 0.233. The maximum Gasteiger partial charge on any atom is 0.400 e. The van der Waals surface area contributed by atoms with Gasteiger partial charge in [0.1, 0.15) is 32.8 Å². The van der Waals surface area contributed by atoms with Crippen LogP contribution in [-0.2, 0) is 26.7 Å². The molecule has 2 heterocycles. The summed E-state index contributed by atoms with van der Waals surface area (Å²) in [5.74, 6) is 0.526. The molecule has 0 bridgehead atoms. The predicted octanol–water partition coefficient (Wildman–Crippen LogP) is 6.35. The van der Waals surface area contributed by atoms with Gasteiger partial charge in [-0.3, -0.25) is 9.55 Å². The Morgan fingerprint density at radius 2 is 1.82 bits per heavy atom. The van der Waals surface area contributed by atoms with Crippen molar-refractivity contribution in [2.45, 2.75) is 18.7 Å². The van der Waals surface area contributed by atoms with Crippen LogP contribution in [0, 0.1) is 0 Å². The lowest BCUT2D eigenvalue weighted by Gasteiger charge is -2.16. The molecule has 0 aliphatic carbocycles. The smallest absolute Gasteiger partial charge is 0.400 e. The van der Waals surface area contributed by atoms with Gasteiger partial charge in [0, 0.05) is 33.9 Å². The number of pyridine rings is 1. The summed E-state index contributed by atoms with van der Waals surface area (Å²) >= 11 is 3.58. The minimum Gasteiger partial charge on any atom is -0.492 e. The lowest BCUT2D eigenvalue weighted by molar-refractivity contribution is 0.0595. The molecule has 0 aliphatic rings. The molecule has 39 heavy (non-hydrogen) atoms. The molecule has 2 N–H and O–H groups in total. The van der Waals surface area contributed by atoms with Crippen molar-refractivity contribution in [2.24, 2.45) is 0 Å². The van der Waals surface area contributed by atoms with Gasteiger partial charge < -0.3 is 19.3 Å². The standard InChI is InChI=1S/C25H23BrF2NO7PS2/c1-39(33,34)11-5-10-35-21-13-17(12-19-22(26)24(38-23(19)21)25(27,28)37(30,31)32)20-14-18(8-9-29-20)36-15-16-6-3-2-4-7-16/h2-4,6-9,12-14H,5,10-11,15H2,1H3,(H2,30,31,32). The van der Waals surface area contributed by atoms with Crippen LogP contribution in [0.25, 0.3) is 21.3 Å². The largest absolute Gasteiger partial charge is 0.492 e. The Morgan fingerprint density at radius 3 is 2.49 bits per heavy atom. The first kappa shape index (κ1) is 29.6. The van der Waals surface area contributed by atoms with Crippen LogP contribution < -0.4 is 9.47 Å². The number of benzene rings is 2. The Morgan fingerprint density at radius 1 is 1.10 bits per heavy atom. The van der Waals surface area contributed by atoms with Crippen LogP contribution in [0.5, 0.6) is 11.5 Å². The van der Waals surface area contributed by atoms with Crippen molar-refractivity contribution in [1.29, 1.82) is 0 Å². The zero-order valence-electron chi connectivity index (χ0n) is 20.4. The molecule has 0 saturated carbocycles. The fourth-order valence-corrected chi connectivity index (χ4v) is 7.24. The second-order valence-electron chi connectivity index (χ2n) is 8.66. The Hall–Kier alpha value is -2.41. The molecule has 0 fully saturated rings. The van der Waals surface area contributed by atoms with Gasteiger partial charge in [-0.15, -0.1) is 11.3 Å². The lowest BCUT2D eigenvalue weighted by Crippen LogP contribution is -2.12. The van der Waals surface area contributed by atoms with Gasteiger partial charge in [-0.05, 0) is 46.1 Å². The van der Waals surface area contributed by atoms with Gasteiger partial charge in [0.25, 0.3) is 0 Å². The van der Waals surface area contributed by atoms with Crippen molar-refractivity contribution in [2.75, 3.05) is 18.6 Å². The molecule has 0 amide bonds. The number of halogens is 3. The summed E-state index contributed by atoms with van der Waals surface area (Å²) < 4.78 is 75.7. The fourth-order valence-electron chi connectivity index (χ4n) is 3.62. The number of sulfone groups is 1. The Kier molecular flexibility index (Phi) is 8.79. The number of hydrogen-bond donors (Lipinski definition) is 2. The number of nitrogens with zero attached hydrogens (tertiary/aromatic N) is 1. The zero-order chi connectivity index (χ0) is 28.4. The van der Waals surface area contributed by atoms with Gasteiger partial charge >= 0.3 is 13.3 Å². The highest BCUT2D eigenvalue weighted by Gasteiger charge is 2.53. The molecule has 0 aliphatic heterocycles. The third-order valence-electron chi connectivity index (χ3n) is 5.53. The number of fused-ring (bicyclic) bond motifs is 1. The second kappa shape index (κ2) is 11.6. The first-order valence-electron chi connectivity index (χ1n) is 11.4. The number of hydrogen-bond acceptors (Lipinski definition) is 7. The SMILES string of the molecule is CS(=O)(=O)CCCOc1cc(-c2cc(OCc3ccccc3)ccn2)cc2c(Br)c(C(F)(F)P(=O)(O)O)sc12. The molecule has 14 heteroatoms.